The normalized spacial score (nSPS) is 12.0. The summed E-state index contributed by atoms with van der Waals surface area (Å²) < 4.78 is 5.01. The van der Waals surface area contributed by atoms with Gasteiger partial charge in [0.25, 0.3) is 0 Å². The van der Waals surface area contributed by atoms with Crippen LogP contribution >= 0.6 is 0 Å². The monoisotopic (exact) mass is 888 g/mol. The number of allylic oxidation sites excluding steroid dienone is 3. The maximum atomic E-state index is 11.2. The van der Waals surface area contributed by atoms with Gasteiger partial charge in [-0.2, -0.15) is 0 Å². The molecular weight excluding hydrogens is 840 g/mol. The molecule has 9 aromatic rings. The average molecular weight is 888 g/mol. The first kappa shape index (κ1) is 44.3. The fourth-order valence-electron chi connectivity index (χ4n) is 7.93. The summed E-state index contributed by atoms with van der Waals surface area (Å²) in [5, 5.41) is 51.2. The van der Waals surface area contributed by atoms with Crippen LogP contribution in [0.5, 0.6) is 0 Å². The first-order chi connectivity index (χ1) is 29.3. The molecule has 1 fully saturated rings. The summed E-state index contributed by atoms with van der Waals surface area (Å²) in [6, 6.07) is 55.9. The Balaban J connectivity index is 0.000000142. The van der Waals surface area contributed by atoms with E-state index in [1.807, 2.05) is 72.8 Å². The molecule has 9 aromatic carbocycles. The van der Waals surface area contributed by atoms with E-state index in [0.29, 0.717) is 19.3 Å². The van der Waals surface area contributed by atoms with Crippen molar-refractivity contribution in [2.75, 3.05) is 26.3 Å². The van der Waals surface area contributed by atoms with E-state index in [1.54, 1.807) is 0 Å². The number of hydrogen-bond donors (Lipinski definition) is 1. The average Bonchev–Trinajstić information content (AvgIpc) is 3.27. The van der Waals surface area contributed by atoms with Gasteiger partial charge < -0.3 is 25.4 Å². The van der Waals surface area contributed by atoms with Gasteiger partial charge in [-0.25, -0.2) is 0 Å². The van der Waals surface area contributed by atoms with Gasteiger partial charge in [-0.15, -0.1) is 37.0 Å². The topological polar surface area (TPSA) is 90.4 Å². The van der Waals surface area contributed by atoms with Crippen LogP contribution in [0, 0.1) is 0 Å². The molecule has 1 N–H and O–H groups in total. The van der Waals surface area contributed by atoms with Crippen LogP contribution in [0.25, 0.3) is 64.6 Å². The molecule has 61 heavy (non-hydrogen) atoms. The van der Waals surface area contributed by atoms with E-state index in [-0.39, 0.29) is 36.8 Å². The molecule has 0 bridgehead atoms. The molecule has 5 nitrogen and oxygen atoms in total. The van der Waals surface area contributed by atoms with Gasteiger partial charge in [0.1, 0.15) is 0 Å². The van der Waals surface area contributed by atoms with Crippen molar-refractivity contribution in [1.82, 2.24) is 5.32 Å². The summed E-state index contributed by atoms with van der Waals surface area (Å²) in [4.78, 5) is 0. The van der Waals surface area contributed by atoms with E-state index in [2.05, 4.69) is 116 Å². The minimum absolute atomic E-state index is 0. The van der Waals surface area contributed by atoms with Crippen molar-refractivity contribution < 1.29 is 39.5 Å². The van der Waals surface area contributed by atoms with Gasteiger partial charge in [-0.1, -0.05) is 164 Å². The predicted octanol–water partition coefficient (Wildman–Crippen LogP) is 9.83. The van der Waals surface area contributed by atoms with Crippen molar-refractivity contribution in [2.45, 2.75) is 19.3 Å². The van der Waals surface area contributed by atoms with E-state index >= 15 is 0 Å². The van der Waals surface area contributed by atoms with Crippen molar-refractivity contribution in [3.8, 4) is 0 Å². The smallest absolute Gasteiger partial charge is 0.876 e. The van der Waals surface area contributed by atoms with Crippen molar-refractivity contribution in [3.05, 3.63) is 217 Å². The summed E-state index contributed by atoms with van der Waals surface area (Å²) in [5.41, 5.74) is 3.16. The van der Waals surface area contributed by atoms with Gasteiger partial charge in [0.05, 0.1) is 13.2 Å². The van der Waals surface area contributed by atoms with Crippen LogP contribution in [0.2, 0.25) is 0 Å². The Morgan fingerprint density at radius 1 is 0.377 bits per heavy atom. The standard InChI is InChI=1S/3C17H14O.C4H9NO.Ru/c3*1-12(18)11-14-6-4-8-17-15-7-3-2-5-13(15)9-10-16(14)17;1-3-6-4-2-5-1;/h3*2-10,18H,1,11H2;5H,1-4H2;/q;;;;+3/p-3. The van der Waals surface area contributed by atoms with Crippen LogP contribution < -0.4 is 20.6 Å². The number of ether oxygens (including phenoxy) is 1. The zero-order valence-corrected chi connectivity index (χ0v) is 35.9. The maximum Gasteiger partial charge on any atom is 3.00 e. The van der Waals surface area contributed by atoms with E-state index in [1.165, 1.54) is 48.5 Å². The Morgan fingerprint density at radius 2 is 0.672 bits per heavy atom. The molecule has 0 unspecified atom stereocenters. The largest absolute Gasteiger partial charge is 3.00 e. The number of fused-ring (bicyclic) bond motifs is 9. The first-order valence-electron chi connectivity index (χ1n) is 20.3. The molecular formula is C55H48NO4Ru. The molecule has 0 spiro atoms. The third-order valence-corrected chi connectivity index (χ3v) is 10.6. The number of hydrogen-bond acceptors (Lipinski definition) is 5. The first-order valence-corrected chi connectivity index (χ1v) is 20.3. The zero-order chi connectivity index (χ0) is 41.8. The summed E-state index contributed by atoms with van der Waals surface area (Å²) in [6.07, 6.45) is 1.20. The van der Waals surface area contributed by atoms with Crippen molar-refractivity contribution >= 4 is 64.6 Å². The van der Waals surface area contributed by atoms with Crippen LogP contribution in [0.1, 0.15) is 16.7 Å². The van der Waals surface area contributed by atoms with Gasteiger partial charge in [0, 0.05) is 13.1 Å². The Bertz CT molecular complexity index is 2650. The molecule has 305 valence electrons. The van der Waals surface area contributed by atoms with E-state index in [4.69, 9.17) is 4.74 Å². The Kier molecular flexibility index (Phi) is 15.4. The van der Waals surface area contributed by atoms with Gasteiger partial charge in [0.15, 0.2) is 0 Å². The van der Waals surface area contributed by atoms with Gasteiger partial charge in [-0.05, 0) is 101 Å². The molecule has 0 aliphatic carbocycles. The Morgan fingerprint density at radius 3 is 0.934 bits per heavy atom. The Labute approximate surface area is 370 Å². The van der Waals surface area contributed by atoms with Crippen molar-refractivity contribution in [2.24, 2.45) is 0 Å². The molecule has 1 aliphatic heterocycles. The summed E-state index contributed by atoms with van der Waals surface area (Å²) in [6.45, 7) is 14.2. The quantitative estimate of drug-likeness (QED) is 0.102. The SMILES string of the molecule is C1COCCN1.C=C([O-])Cc1cccc2c1ccc1ccccc12.C=C([O-])Cc1cccc2c1ccc1ccccc12.C=C([O-])Cc1cccc2c1ccc1ccccc12.[Ru+3]. The van der Waals surface area contributed by atoms with Crippen LogP contribution in [0.3, 0.4) is 0 Å². The van der Waals surface area contributed by atoms with Crippen molar-refractivity contribution in [1.29, 1.82) is 0 Å². The molecule has 1 aliphatic rings. The molecule has 1 saturated heterocycles. The zero-order valence-electron chi connectivity index (χ0n) is 34.1. The summed E-state index contributed by atoms with van der Waals surface area (Å²) in [5.74, 6) is -0.137. The fourth-order valence-corrected chi connectivity index (χ4v) is 7.93. The minimum Gasteiger partial charge on any atom is -0.876 e. The summed E-state index contributed by atoms with van der Waals surface area (Å²) in [7, 11) is 0. The summed E-state index contributed by atoms with van der Waals surface area (Å²) >= 11 is 0. The molecule has 0 amide bonds. The maximum absolute atomic E-state index is 11.2. The van der Waals surface area contributed by atoms with E-state index in [9.17, 15) is 15.3 Å². The molecule has 0 saturated carbocycles. The van der Waals surface area contributed by atoms with E-state index in [0.717, 1.165) is 59.2 Å². The Hall–Kier alpha value is -6.30. The third-order valence-electron chi connectivity index (χ3n) is 10.6. The third kappa shape index (κ3) is 11.1. The molecule has 0 aromatic heterocycles. The molecule has 1 heterocycles. The molecule has 6 heteroatoms. The fraction of sp³-hybridized carbons (Fsp3) is 0.127. The van der Waals surface area contributed by atoms with Crippen molar-refractivity contribution in [3.63, 3.8) is 0 Å². The number of rotatable bonds is 6. The van der Waals surface area contributed by atoms with Crippen LogP contribution in [-0.2, 0) is 43.5 Å². The number of morpholine rings is 1. The molecule has 1 radical (unpaired) electrons. The van der Waals surface area contributed by atoms with Crippen LogP contribution in [0.4, 0.5) is 0 Å². The number of benzene rings is 9. The van der Waals surface area contributed by atoms with Gasteiger partial charge in [-0.3, -0.25) is 0 Å². The number of nitrogens with one attached hydrogen (secondary N) is 1. The van der Waals surface area contributed by atoms with Gasteiger partial charge in [0.2, 0.25) is 0 Å². The second kappa shape index (κ2) is 21.3. The molecule has 0 atom stereocenters. The predicted molar refractivity (Wildman–Crippen MR) is 247 cm³/mol. The van der Waals surface area contributed by atoms with E-state index < -0.39 is 0 Å². The molecule has 10 rings (SSSR count). The second-order valence-corrected chi connectivity index (χ2v) is 14.9. The van der Waals surface area contributed by atoms with Gasteiger partial charge >= 0.3 is 19.5 Å². The van der Waals surface area contributed by atoms with Crippen LogP contribution in [0.15, 0.2) is 201 Å². The minimum atomic E-state index is -0.0457. The second-order valence-electron chi connectivity index (χ2n) is 14.9. The van der Waals surface area contributed by atoms with Crippen LogP contribution in [-0.4, -0.2) is 26.3 Å².